The third-order valence-electron chi connectivity index (χ3n) is 4.07. The molecule has 1 saturated heterocycles. The average molecular weight is 338 g/mol. The van der Waals surface area contributed by atoms with Crippen molar-refractivity contribution in [2.75, 3.05) is 13.1 Å². The first-order valence-corrected chi connectivity index (χ1v) is 8.42. The number of hydrogen-bond donors (Lipinski definition) is 0. The van der Waals surface area contributed by atoms with E-state index in [1.54, 1.807) is 4.90 Å². The highest BCUT2D eigenvalue weighted by atomic mass is 16.6. The number of rotatable bonds is 2. The van der Waals surface area contributed by atoms with Gasteiger partial charge in [0.15, 0.2) is 0 Å². The van der Waals surface area contributed by atoms with E-state index in [4.69, 9.17) is 4.74 Å². The third kappa shape index (κ3) is 4.62. The van der Waals surface area contributed by atoms with Gasteiger partial charge in [-0.15, -0.1) is 0 Å². The van der Waals surface area contributed by atoms with E-state index >= 15 is 0 Å². The van der Waals surface area contributed by atoms with Gasteiger partial charge in [0.2, 0.25) is 0 Å². The van der Waals surface area contributed by atoms with Crippen LogP contribution in [0, 0.1) is 20.8 Å². The second-order valence-corrected chi connectivity index (χ2v) is 6.29. The molecule has 2 aromatic rings. The van der Waals surface area contributed by atoms with Crippen LogP contribution in [0.2, 0.25) is 0 Å². The molecule has 6 heteroatoms. The number of piperidine rings is 1. The Bertz CT molecular complexity index is 787. The van der Waals surface area contributed by atoms with Crippen LogP contribution < -0.4 is 4.74 Å². The quantitative estimate of drug-likeness (QED) is 0.838. The van der Waals surface area contributed by atoms with E-state index in [1.807, 2.05) is 45.0 Å². The molecule has 0 N–H and O–H groups in total. The molecule has 0 spiro atoms. The summed E-state index contributed by atoms with van der Waals surface area (Å²) >= 11 is 0. The van der Waals surface area contributed by atoms with Gasteiger partial charge >= 0.3 is 12.1 Å². The predicted octanol–water partition coefficient (Wildman–Crippen LogP) is 3.48. The molecular formula is C19H22N4O2. The van der Waals surface area contributed by atoms with Crippen molar-refractivity contribution >= 4 is 12.2 Å². The molecule has 0 bridgehead atoms. The standard InChI is InChI=1S/C19H22N4O2/c1-13-5-4-6-17(20-13)12-16-7-9-23(10-8-16)19(24)25-18-21-14(2)11-15(3)22-18/h4-6,11-12H,7-10H2,1-3H3. The minimum Gasteiger partial charge on any atom is -0.374 e. The Labute approximate surface area is 147 Å². The average Bonchev–Trinajstić information content (AvgIpc) is 2.54. The van der Waals surface area contributed by atoms with Crippen LogP contribution in [0.4, 0.5) is 4.79 Å². The van der Waals surface area contributed by atoms with Crippen molar-refractivity contribution in [3.63, 3.8) is 0 Å². The van der Waals surface area contributed by atoms with Crippen LogP contribution in [0.5, 0.6) is 6.01 Å². The van der Waals surface area contributed by atoms with Crippen molar-refractivity contribution in [1.29, 1.82) is 0 Å². The molecule has 0 aromatic carbocycles. The van der Waals surface area contributed by atoms with Crippen LogP contribution in [0.25, 0.3) is 6.08 Å². The number of ether oxygens (including phenoxy) is 1. The Kier molecular flexibility index (Phi) is 5.07. The summed E-state index contributed by atoms with van der Waals surface area (Å²) in [7, 11) is 0. The van der Waals surface area contributed by atoms with Crippen LogP contribution >= 0.6 is 0 Å². The number of hydrogen-bond acceptors (Lipinski definition) is 5. The summed E-state index contributed by atoms with van der Waals surface area (Å²) in [5.74, 6) is 0. The molecule has 3 rings (SSSR count). The largest absolute Gasteiger partial charge is 0.417 e. The van der Waals surface area contributed by atoms with E-state index in [0.29, 0.717) is 13.1 Å². The first kappa shape index (κ1) is 17.1. The lowest BCUT2D eigenvalue weighted by molar-refractivity contribution is 0.145. The summed E-state index contributed by atoms with van der Waals surface area (Å²) < 4.78 is 5.32. The number of nitrogens with zero attached hydrogens (tertiary/aromatic N) is 4. The monoisotopic (exact) mass is 338 g/mol. The number of carbonyl (C=O) groups excluding carboxylic acids is 1. The molecule has 2 aromatic heterocycles. The summed E-state index contributed by atoms with van der Waals surface area (Å²) in [6.07, 6.45) is 3.36. The molecular weight excluding hydrogens is 316 g/mol. The zero-order valence-electron chi connectivity index (χ0n) is 14.8. The molecule has 0 unspecified atom stereocenters. The summed E-state index contributed by atoms with van der Waals surface area (Å²) in [5.41, 5.74) is 4.83. The van der Waals surface area contributed by atoms with Crippen LogP contribution in [0.3, 0.4) is 0 Å². The van der Waals surface area contributed by atoms with Crippen LogP contribution in [0.1, 0.15) is 35.6 Å². The van der Waals surface area contributed by atoms with Crippen LogP contribution in [-0.2, 0) is 0 Å². The summed E-state index contributed by atoms with van der Waals surface area (Å²) in [4.78, 5) is 26.8. The lowest BCUT2D eigenvalue weighted by atomic mass is 10.0. The van der Waals surface area contributed by atoms with Gasteiger partial charge in [0.05, 0.1) is 5.69 Å². The fourth-order valence-corrected chi connectivity index (χ4v) is 2.86. The van der Waals surface area contributed by atoms with Crippen molar-refractivity contribution < 1.29 is 9.53 Å². The lowest BCUT2D eigenvalue weighted by Crippen LogP contribution is -2.38. The van der Waals surface area contributed by atoms with Crippen molar-refractivity contribution in [2.24, 2.45) is 0 Å². The highest BCUT2D eigenvalue weighted by molar-refractivity contribution is 5.70. The van der Waals surface area contributed by atoms with E-state index < -0.39 is 6.09 Å². The number of aryl methyl sites for hydroxylation is 3. The van der Waals surface area contributed by atoms with Gasteiger partial charge in [-0.05, 0) is 57.9 Å². The van der Waals surface area contributed by atoms with Crippen LogP contribution in [0.15, 0.2) is 29.8 Å². The number of carbonyl (C=O) groups is 1. The van der Waals surface area contributed by atoms with Gasteiger partial charge in [-0.25, -0.2) is 14.8 Å². The molecule has 1 aliphatic rings. The molecule has 0 atom stereocenters. The van der Waals surface area contributed by atoms with Crippen molar-refractivity contribution in [3.8, 4) is 6.01 Å². The van der Waals surface area contributed by atoms with E-state index in [9.17, 15) is 4.79 Å². The van der Waals surface area contributed by atoms with E-state index in [0.717, 1.165) is 35.6 Å². The normalized spacial score (nSPS) is 14.4. The van der Waals surface area contributed by atoms with Crippen molar-refractivity contribution in [3.05, 3.63) is 52.6 Å². The zero-order valence-corrected chi connectivity index (χ0v) is 14.8. The van der Waals surface area contributed by atoms with Crippen molar-refractivity contribution in [1.82, 2.24) is 19.9 Å². The maximum absolute atomic E-state index is 12.3. The van der Waals surface area contributed by atoms with Crippen LogP contribution in [-0.4, -0.2) is 39.0 Å². The third-order valence-corrected chi connectivity index (χ3v) is 4.07. The maximum Gasteiger partial charge on any atom is 0.417 e. The second-order valence-electron chi connectivity index (χ2n) is 6.29. The van der Waals surface area contributed by atoms with Gasteiger partial charge in [-0.3, -0.25) is 4.98 Å². The Hall–Kier alpha value is -2.76. The first-order chi connectivity index (χ1) is 12.0. The molecule has 1 fully saturated rings. The summed E-state index contributed by atoms with van der Waals surface area (Å²) in [5, 5.41) is 0. The molecule has 130 valence electrons. The van der Waals surface area contributed by atoms with E-state index in [1.165, 1.54) is 5.57 Å². The first-order valence-electron chi connectivity index (χ1n) is 8.42. The lowest BCUT2D eigenvalue weighted by Gasteiger charge is -2.27. The molecule has 25 heavy (non-hydrogen) atoms. The fourth-order valence-electron chi connectivity index (χ4n) is 2.86. The van der Waals surface area contributed by atoms with Gasteiger partial charge in [-0.2, -0.15) is 0 Å². The van der Waals surface area contributed by atoms with Gasteiger partial charge in [0.1, 0.15) is 0 Å². The van der Waals surface area contributed by atoms with Crippen molar-refractivity contribution in [2.45, 2.75) is 33.6 Å². The fraction of sp³-hybridized carbons (Fsp3) is 0.368. The van der Waals surface area contributed by atoms with E-state index in [-0.39, 0.29) is 6.01 Å². The maximum atomic E-state index is 12.3. The summed E-state index contributed by atoms with van der Waals surface area (Å²) in [6, 6.07) is 7.95. The van der Waals surface area contributed by atoms with Gasteiger partial charge in [0.25, 0.3) is 0 Å². The smallest absolute Gasteiger partial charge is 0.374 e. The minimum absolute atomic E-state index is 0.118. The highest BCUT2D eigenvalue weighted by Crippen LogP contribution is 2.20. The Morgan fingerprint density at radius 3 is 2.36 bits per heavy atom. The van der Waals surface area contributed by atoms with Gasteiger partial charge in [0, 0.05) is 30.2 Å². The highest BCUT2D eigenvalue weighted by Gasteiger charge is 2.21. The molecule has 0 aliphatic carbocycles. The predicted molar refractivity (Wildman–Crippen MR) is 95.3 cm³/mol. The number of likely N-dealkylation sites (tertiary alicyclic amines) is 1. The number of amides is 1. The van der Waals surface area contributed by atoms with Gasteiger partial charge in [-0.1, -0.05) is 11.6 Å². The molecule has 6 nitrogen and oxygen atoms in total. The molecule has 0 saturated carbocycles. The molecule has 1 aliphatic heterocycles. The second kappa shape index (κ2) is 7.42. The topological polar surface area (TPSA) is 68.2 Å². The number of aromatic nitrogens is 3. The number of pyridine rings is 1. The molecule has 3 heterocycles. The molecule has 1 amide bonds. The minimum atomic E-state index is -0.391. The van der Waals surface area contributed by atoms with Gasteiger partial charge < -0.3 is 9.64 Å². The Balaban J connectivity index is 1.59. The Morgan fingerprint density at radius 1 is 1.04 bits per heavy atom. The SMILES string of the molecule is Cc1cccc(C=C2CCN(C(=O)Oc3nc(C)cc(C)n3)CC2)n1. The Morgan fingerprint density at radius 2 is 1.72 bits per heavy atom. The summed E-state index contributed by atoms with van der Waals surface area (Å²) in [6.45, 7) is 6.94. The van der Waals surface area contributed by atoms with E-state index in [2.05, 4.69) is 21.0 Å². The zero-order chi connectivity index (χ0) is 17.8. The molecule has 0 radical (unpaired) electrons.